The van der Waals surface area contributed by atoms with Crippen molar-refractivity contribution >= 4 is 27.7 Å². The maximum absolute atomic E-state index is 6.23. The van der Waals surface area contributed by atoms with Gasteiger partial charge in [-0.3, -0.25) is 5.43 Å². The van der Waals surface area contributed by atoms with Crippen LogP contribution >= 0.6 is 0 Å². The maximum Gasteiger partial charge on any atom is 0.157 e. The molecule has 0 atom stereocenters. The van der Waals surface area contributed by atoms with Gasteiger partial charge in [-0.05, 0) is 49.2 Å². The van der Waals surface area contributed by atoms with E-state index in [-0.39, 0.29) is 0 Å². The largest absolute Gasteiger partial charge is 0.456 e. The molecule has 0 saturated heterocycles. The molecule has 0 aliphatic rings. The monoisotopic (exact) mass is 392 g/mol. The van der Waals surface area contributed by atoms with Crippen LogP contribution in [0, 0.1) is 13.8 Å². The molecule has 0 saturated carbocycles. The van der Waals surface area contributed by atoms with Gasteiger partial charge in [-0.1, -0.05) is 42.5 Å². The highest BCUT2D eigenvalue weighted by Gasteiger charge is 2.08. The molecule has 1 N–H and O–H groups in total. The van der Waals surface area contributed by atoms with Gasteiger partial charge in [0.25, 0.3) is 0 Å². The lowest BCUT2D eigenvalue weighted by atomic mass is 10.1. The number of anilines is 1. The average Bonchev–Trinajstić information content (AvgIpc) is 2.79. The van der Waals surface area contributed by atoms with E-state index in [1.165, 1.54) is 11.1 Å². The summed E-state index contributed by atoms with van der Waals surface area (Å²) < 4.78 is 6.23. The second kappa shape index (κ2) is 7.44. The van der Waals surface area contributed by atoms with Gasteiger partial charge >= 0.3 is 0 Å². The van der Waals surface area contributed by atoms with Crippen molar-refractivity contribution < 1.29 is 4.42 Å². The summed E-state index contributed by atoms with van der Waals surface area (Å²) >= 11 is 0. The van der Waals surface area contributed by atoms with E-state index in [0.29, 0.717) is 5.82 Å². The normalized spacial score (nSPS) is 11.9. The Bertz CT molecular complexity index is 1430. The van der Waals surface area contributed by atoms with Crippen LogP contribution in [-0.2, 0) is 0 Å². The summed E-state index contributed by atoms with van der Waals surface area (Å²) in [6.45, 7) is 4.18. The Hall–Kier alpha value is -3.99. The quantitative estimate of drug-likeness (QED) is 0.407. The summed E-state index contributed by atoms with van der Waals surface area (Å²) in [7, 11) is 0. The number of aryl methyl sites for hydroxylation is 2. The number of para-hydroxylation sites is 1. The minimum absolute atomic E-state index is 0.666. The molecule has 0 fully saturated rings. The van der Waals surface area contributed by atoms with Crippen LogP contribution in [0.15, 0.2) is 88.6 Å². The van der Waals surface area contributed by atoms with Gasteiger partial charge in [0.15, 0.2) is 5.82 Å². The van der Waals surface area contributed by atoms with Gasteiger partial charge in [-0.2, -0.15) is 5.10 Å². The topological polar surface area (TPSA) is 63.3 Å². The lowest BCUT2D eigenvalue weighted by Crippen LogP contribution is -2.09. The van der Waals surface area contributed by atoms with Crippen molar-refractivity contribution in [3.05, 3.63) is 95.6 Å². The third-order valence-corrected chi connectivity index (χ3v) is 5.24. The smallest absolute Gasteiger partial charge is 0.157 e. The summed E-state index contributed by atoms with van der Waals surface area (Å²) in [4.78, 5) is 8.69. The number of aromatic nitrogens is 2. The van der Waals surface area contributed by atoms with Crippen molar-refractivity contribution in [1.82, 2.24) is 9.97 Å². The second-order valence-corrected chi connectivity index (χ2v) is 7.26. The Morgan fingerprint density at radius 1 is 0.800 bits per heavy atom. The highest BCUT2D eigenvalue weighted by molar-refractivity contribution is 5.88. The Morgan fingerprint density at radius 3 is 2.43 bits per heavy atom. The van der Waals surface area contributed by atoms with E-state index in [1.54, 1.807) is 6.33 Å². The van der Waals surface area contributed by atoms with Crippen molar-refractivity contribution in [2.24, 2.45) is 5.10 Å². The molecule has 0 bridgehead atoms. The molecule has 5 nitrogen and oxygen atoms in total. The van der Waals surface area contributed by atoms with Crippen LogP contribution in [0.2, 0.25) is 0 Å². The van der Waals surface area contributed by atoms with E-state index in [4.69, 9.17) is 9.52 Å². The van der Waals surface area contributed by atoms with Gasteiger partial charge in [-0.25, -0.2) is 9.97 Å². The molecular weight excluding hydrogens is 372 g/mol. The zero-order valence-corrected chi connectivity index (χ0v) is 16.8. The Morgan fingerprint density at radius 2 is 1.57 bits per heavy atom. The fourth-order valence-corrected chi connectivity index (χ4v) is 3.47. The summed E-state index contributed by atoms with van der Waals surface area (Å²) in [5.41, 5.74) is 8.18. The first-order chi connectivity index (χ1) is 14.7. The Kier molecular flexibility index (Phi) is 4.48. The molecule has 5 aromatic rings. The summed E-state index contributed by atoms with van der Waals surface area (Å²) in [6, 6.07) is 24.0. The standard InChI is InChI=1S/C25H20N4O/c1-16-12-20-22(28-29-25-19-10-6-7-11-21(19)26-15-27-25)14-23(18-8-4-3-5-9-18)30-24(20)13-17(16)2/h3-15H,1-2H3,(H,26,27,29)/b28-22-. The van der Waals surface area contributed by atoms with E-state index in [0.717, 1.165) is 38.6 Å². The maximum atomic E-state index is 6.23. The zero-order valence-electron chi connectivity index (χ0n) is 16.8. The van der Waals surface area contributed by atoms with E-state index in [1.807, 2.05) is 60.7 Å². The molecule has 146 valence electrons. The van der Waals surface area contributed by atoms with Crippen molar-refractivity contribution in [2.75, 3.05) is 5.43 Å². The minimum atomic E-state index is 0.666. The molecule has 5 rings (SSSR count). The molecule has 2 heterocycles. The number of hydrogen-bond donors (Lipinski definition) is 1. The Balaban J connectivity index is 1.71. The number of nitrogens with zero attached hydrogens (tertiary/aromatic N) is 3. The number of hydrogen-bond acceptors (Lipinski definition) is 5. The van der Waals surface area contributed by atoms with Crippen LogP contribution < -0.4 is 10.8 Å². The zero-order chi connectivity index (χ0) is 20.5. The van der Waals surface area contributed by atoms with Crippen molar-refractivity contribution in [3.8, 4) is 11.3 Å². The van der Waals surface area contributed by atoms with Crippen LogP contribution in [0.25, 0.3) is 33.2 Å². The third-order valence-electron chi connectivity index (χ3n) is 5.24. The summed E-state index contributed by atoms with van der Waals surface area (Å²) in [5, 5.41) is 7.37. The van der Waals surface area contributed by atoms with Crippen molar-refractivity contribution in [2.45, 2.75) is 13.8 Å². The van der Waals surface area contributed by atoms with Crippen molar-refractivity contribution in [1.29, 1.82) is 0 Å². The molecule has 0 aliphatic carbocycles. The first kappa shape index (κ1) is 18.1. The van der Waals surface area contributed by atoms with E-state index < -0.39 is 0 Å². The number of benzene rings is 3. The predicted molar refractivity (Wildman–Crippen MR) is 120 cm³/mol. The predicted octanol–water partition coefficient (Wildman–Crippen LogP) is 5.59. The second-order valence-electron chi connectivity index (χ2n) is 7.26. The molecular formula is C25H20N4O. The number of nitrogens with one attached hydrogen (secondary N) is 1. The first-order valence-electron chi connectivity index (χ1n) is 9.79. The van der Waals surface area contributed by atoms with Gasteiger partial charge in [0, 0.05) is 22.4 Å². The van der Waals surface area contributed by atoms with Crippen LogP contribution in [-0.4, -0.2) is 9.97 Å². The van der Waals surface area contributed by atoms with Crippen LogP contribution in [0.3, 0.4) is 0 Å². The SMILES string of the molecule is Cc1cc2oc(-c3ccccc3)c/c(=N/Nc3ncnc4ccccc34)c2cc1C. The molecule has 0 spiro atoms. The van der Waals surface area contributed by atoms with E-state index in [9.17, 15) is 0 Å². The van der Waals surface area contributed by atoms with E-state index >= 15 is 0 Å². The number of rotatable bonds is 3. The molecule has 0 aliphatic heterocycles. The Labute approximate surface area is 173 Å². The molecule has 0 amide bonds. The number of fused-ring (bicyclic) bond motifs is 2. The van der Waals surface area contributed by atoms with Crippen LogP contribution in [0.1, 0.15) is 11.1 Å². The molecule has 0 unspecified atom stereocenters. The fourth-order valence-electron chi connectivity index (χ4n) is 3.47. The molecule has 0 radical (unpaired) electrons. The average molecular weight is 392 g/mol. The van der Waals surface area contributed by atoms with Crippen LogP contribution in [0.4, 0.5) is 5.82 Å². The minimum Gasteiger partial charge on any atom is -0.456 e. The third kappa shape index (κ3) is 3.31. The van der Waals surface area contributed by atoms with Gasteiger partial charge in [0.05, 0.1) is 10.9 Å². The highest BCUT2D eigenvalue weighted by Crippen LogP contribution is 2.24. The van der Waals surface area contributed by atoms with Crippen LogP contribution in [0.5, 0.6) is 0 Å². The van der Waals surface area contributed by atoms with Gasteiger partial charge in [0.2, 0.25) is 0 Å². The molecule has 3 aromatic carbocycles. The van der Waals surface area contributed by atoms with Gasteiger partial charge < -0.3 is 4.42 Å². The highest BCUT2D eigenvalue weighted by atomic mass is 16.3. The molecule has 30 heavy (non-hydrogen) atoms. The fraction of sp³-hybridized carbons (Fsp3) is 0.0800. The van der Waals surface area contributed by atoms with E-state index in [2.05, 4.69) is 41.4 Å². The van der Waals surface area contributed by atoms with Gasteiger partial charge in [0.1, 0.15) is 17.7 Å². The lowest BCUT2D eigenvalue weighted by molar-refractivity contribution is 0.617. The molecule has 5 heteroatoms. The van der Waals surface area contributed by atoms with Crippen molar-refractivity contribution in [3.63, 3.8) is 0 Å². The molecule has 2 aromatic heterocycles. The summed E-state index contributed by atoms with van der Waals surface area (Å²) in [6.07, 6.45) is 1.54. The first-order valence-corrected chi connectivity index (χ1v) is 9.79. The summed E-state index contributed by atoms with van der Waals surface area (Å²) in [5.74, 6) is 1.43. The lowest BCUT2D eigenvalue weighted by Gasteiger charge is -2.08. The van der Waals surface area contributed by atoms with Gasteiger partial charge in [-0.15, -0.1) is 0 Å².